The summed E-state index contributed by atoms with van der Waals surface area (Å²) < 4.78 is 33.1. The number of rotatable bonds is 23. The summed E-state index contributed by atoms with van der Waals surface area (Å²) in [5, 5.41) is 8.05. The van der Waals surface area contributed by atoms with Crippen molar-refractivity contribution in [2.24, 2.45) is 0 Å². The van der Waals surface area contributed by atoms with E-state index in [9.17, 15) is 13.0 Å². The molecule has 4 nitrogen and oxygen atoms in total. The maximum absolute atomic E-state index is 11.0. The molecule has 30 heavy (non-hydrogen) atoms. The third-order valence-electron chi connectivity index (χ3n) is 6.05. The smallest absolute Gasteiger partial charge is 0.748 e. The Kier molecular flexibility index (Phi) is 27.0. The van der Waals surface area contributed by atoms with Gasteiger partial charge in [0, 0.05) is 11.9 Å². The minimum atomic E-state index is -4.10. The van der Waals surface area contributed by atoms with Gasteiger partial charge in [0.05, 0.1) is 10.1 Å². The van der Waals surface area contributed by atoms with Gasteiger partial charge in [-0.3, -0.25) is 0 Å². The molecule has 0 heterocycles. The van der Waals surface area contributed by atoms with Crippen molar-refractivity contribution >= 4 is 10.1 Å². The maximum atomic E-state index is 11.0. The van der Waals surface area contributed by atoms with Crippen LogP contribution in [0.5, 0.6) is 0 Å². The molecule has 0 spiro atoms. The van der Waals surface area contributed by atoms with Gasteiger partial charge in [-0.15, -0.1) is 0 Å². The Balaban J connectivity index is 0. The van der Waals surface area contributed by atoms with Gasteiger partial charge in [-0.25, -0.2) is 8.42 Å². The van der Waals surface area contributed by atoms with Gasteiger partial charge in [0.2, 0.25) is 0 Å². The van der Waals surface area contributed by atoms with E-state index < -0.39 is 15.4 Å². The second-order valence-corrected chi connectivity index (χ2v) is 10.4. The molecule has 0 aliphatic carbocycles. The molecule has 0 aromatic rings. The summed E-state index contributed by atoms with van der Waals surface area (Å²) in [7, 11) is -4.10. The summed E-state index contributed by atoms with van der Waals surface area (Å²) >= 11 is 0. The van der Waals surface area contributed by atoms with Crippen LogP contribution in [0.1, 0.15) is 142 Å². The van der Waals surface area contributed by atoms with Gasteiger partial charge in [0.1, 0.15) is 0 Å². The van der Waals surface area contributed by atoms with E-state index in [0.717, 1.165) is 25.7 Å². The van der Waals surface area contributed by atoms with Crippen molar-refractivity contribution in [1.29, 1.82) is 0 Å². The van der Waals surface area contributed by atoms with E-state index in [0.29, 0.717) is 19.4 Å². The second-order valence-electron chi connectivity index (χ2n) is 8.75. The van der Waals surface area contributed by atoms with Crippen molar-refractivity contribution in [2.75, 3.05) is 6.61 Å². The van der Waals surface area contributed by atoms with E-state index in [4.69, 9.17) is 5.11 Å². The molecule has 0 saturated carbocycles. The van der Waals surface area contributed by atoms with Gasteiger partial charge in [-0.05, 0) is 19.3 Å². The quantitative estimate of drug-likeness (QED) is 0.143. The maximum Gasteiger partial charge on any atom is 1.00 e. The van der Waals surface area contributed by atoms with Gasteiger partial charge in [0.25, 0.3) is 0 Å². The van der Waals surface area contributed by atoms with Crippen LogP contribution in [0.25, 0.3) is 0 Å². The first kappa shape index (κ1) is 33.0. The van der Waals surface area contributed by atoms with Crippen LogP contribution < -0.4 is 29.6 Å². The molecule has 0 fully saturated rings. The topological polar surface area (TPSA) is 77.4 Å². The Bertz CT molecular complexity index is 429. The second kappa shape index (κ2) is 24.5. The molecule has 0 aromatic carbocycles. The number of hydrogen-bond acceptors (Lipinski definition) is 4. The molecule has 0 amide bonds. The van der Waals surface area contributed by atoms with Crippen LogP contribution in [0.15, 0.2) is 0 Å². The fourth-order valence-electron chi connectivity index (χ4n) is 4.04. The Morgan fingerprint density at radius 1 is 0.600 bits per heavy atom. The zero-order chi connectivity index (χ0) is 21.6. The van der Waals surface area contributed by atoms with E-state index in [-0.39, 0.29) is 29.6 Å². The summed E-state index contributed by atoms with van der Waals surface area (Å²) in [6.45, 7) is 2.13. The van der Waals surface area contributed by atoms with Crippen molar-refractivity contribution in [3.63, 3.8) is 0 Å². The zero-order valence-corrected chi connectivity index (χ0v) is 23.0. The normalized spacial score (nSPS) is 12.6. The Labute approximate surface area is 210 Å². The molecule has 0 bridgehead atoms. The van der Waals surface area contributed by atoms with Crippen LogP contribution in [-0.4, -0.2) is 29.9 Å². The van der Waals surface area contributed by atoms with Crippen LogP contribution in [0.3, 0.4) is 0 Å². The van der Waals surface area contributed by atoms with Crippen LogP contribution in [0.4, 0.5) is 0 Å². The van der Waals surface area contributed by atoms with Gasteiger partial charge < -0.3 is 9.66 Å². The first-order chi connectivity index (χ1) is 14.0. The van der Waals surface area contributed by atoms with Gasteiger partial charge >= 0.3 is 29.6 Å². The molecule has 0 radical (unpaired) electrons. The number of aliphatic hydroxyl groups excluding tert-OH is 1. The molecule has 0 aliphatic heterocycles. The molecule has 0 aliphatic rings. The monoisotopic (exact) mass is 456 g/mol. The molecule has 1 atom stereocenters. The minimum absolute atomic E-state index is 0. The molecule has 0 saturated heterocycles. The first-order valence-electron chi connectivity index (χ1n) is 12.6. The molecular weight excluding hydrogens is 407 g/mol. The Morgan fingerprint density at radius 2 is 0.867 bits per heavy atom. The third kappa shape index (κ3) is 23.5. The van der Waals surface area contributed by atoms with E-state index in [2.05, 4.69) is 0 Å². The van der Waals surface area contributed by atoms with E-state index in [1.807, 2.05) is 0 Å². The van der Waals surface area contributed by atoms with Crippen molar-refractivity contribution in [3.8, 4) is 0 Å². The third-order valence-corrected chi connectivity index (χ3v) is 7.43. The number of unbranched alkanes of at least 4 members (excludes halogenated alkanes) is 18. The fourth-order valence-corrected chi connectivity index (χ4v) is 4.91. The van der Waals surface area contributed by atoms with Crippen LogP contribution in [0, 0.1) is 0 Å². The summed E-state index contributed by atoms with van der Waals surface area (Å²) in [6.07, 6.45) is 25.1. The molecule has 176 valence electrons. The van der Waals surface area contributed by atoms with Crippen LogP contribution >= 0.6 is 0 Å². The van der Waals surface area contributed by atoms with Crippen molar-refractivity contribution in [1.82, 2.24) is 0 Å². The van der Waals surface area contributed by atoms with Crippen LogP contribution in [0.2, 0.25) is 0 Å². The van der Waals surface area contributed by atoms with Crippen molar-refractivity contribution in [3.05, 3.63) is 0 Å². The van der Waals surface area contributed by atoms with Gasteiger partial charge in [-0.1, -0.05) is 122 Å². The van der Waals surface area contributed by atoms with Gasteiger partial charge in [0.15, 0.2) is 0 Å². The van der Waals surface area contributed by atoms with Gasteiger partial charge in [-0.2, -0.15) is 0 Å². The molecular formula is C24H49NaO4S. The van der Waals surface area contributed by atoms with E-state index in [1.165, 1.54) is 96.3 Å². The summed E-state index contributed by atoms with van der Waals surface area (Å²) in [5.74, 6) is 0. The number of aliphatic hydroxyl groups is 1. The predicted molar refractivity (Wildman–Crippen MR) is 123 cm³/mol. The average Bonchev–Trinajstić information content (AvgIpc) is 2.68. The Hall–Kier alpha value is 0.870. The van der Waals surface area contributed by atoms with E-state index >= 15 is 0 Å². The standard InChI is InChI=1S/C24H50O4S.Na/c1-2-24(29(26,27)28)22-20-18-16-14-12-10-8-6-4-3-5-7-9-11-13-15-17-19-21-23-25;/h24-25H,2-23H2,1H3,(H,26,27,28);/q;+1/p-1. The Morgan fingerprint density at radius 3 is 1.10 bits per heavy atom. The zero-order valence-electron chi connectivity index (χ0n) is 20.2. The van der Waals surface area contributed by atoms with E-state index in [1.54, 1.807) is 6.92 Å². The molecule has 6 heteroatoms. The van der Waals surface area contributed by atoms with Crippen molar-refractivity contribution in [2.45, 2.75) is 147 Å². The number of hydrogen-bond donors (Lipinski definition) is 1. The summed E-state index contributed by atoms with van der Waals surface area (Å²) in [4.78, 5) is 0. The fraction of sp³-hybridized carbons (Fsp3) is 1.00. The van der Waals surface area contributed by atoms with Crippen LogP contribution in [-0.2, 0) is 10.1 Å². The minimum Gasteiger partial charge on any atom is -0.748 e. The summed E-state index contributed by atoms with van der Waals surface area (Å²) in [6, 6.07) is 0. The SMILES string of the molecule is CCC(CCCCCCCCCCCCCCCCCCCCCO)S(=O)(=O)[O-].[Na+]. The molecule has 1 N–H and O–H groups in total. The molecule has 1 unspecified atom stereocenters. The van der Waals surface area contributed by atoms with Crippen molar-refractivity contribution < 1.29 is 47.6 Å². The summed E-state index contributed by atoms with van der Waals surface area (Å²) in [5.41, 5.74) is 0. The predicted octanol–water partition coefficient (Wildman–Crippen LogP) is 4.11. The largest absolute Gasteiger partial charge is 1.00 e. The average molecular weight is 457 g/mol. The first-order valence-corrected chi connectivity index (χ1v) is 14.0. The molecule has 0 aromatic heterocycles. The molecule has 0 rings (SSSR count).